The summed E-state index contributed by atoms with van der Waals surface area (Å²) in [7, 11) is 1.99. The molecule has 0 spiro atoms. The molecular formula is C18H28N4OS. The summed E-state index contributed by atoms with van der Waals surface area (Å²) in [6, 6.07) is 6.44. The van der Waals surface area contributed by atoms with Gasteiger partial charge in [0.1, 0.15) is 5.82 Å². The number of thioether (sulfide) groups is 1. The van der Waals surface area contributed by atoms with Crippen molar-refractivity contribution in [1.82, 2.24) is 14.8 Å². The number of carbonyl (C=O) groups excluding carboxylic acids is 1. The van der Waals surface area contributed by atoms with Gasteiger partial charge >= 0.3 is 0 Å². The number of aromatic nitrogens is 1. The highest BCUT2D eigenvalue weighted by Crippen LogP contribution is 2.31. The van der Waals surface area contributed by atoms with E-state index in [1.54, 1.807) is 0 Å². The zero-order valence-electron chi connectivity index (χ0n) is 14.7. The van der Waals surface area contributed by atoms with Crippen LogP contribution in [-0.2, 0) is 4.79 Å². The van der Waals surface area contributed by atoms with Crippen LogP contribution >= 0.6 is 11.8 Å². The molecule has 1 aliphatic heterocycles. The van der Waals surface area contributed by atoms with Crippen molar-refractivity contribution in [3.63, 3.8) is 0 Å². The predicted octanol–water partition coefficient (Wildman–Crippen LogP) is 1.95. The summed E-state index contributed by atoms with van der Waals surface area (Å²) >= 11 is 1.91. The standard InChI is InChI=1S/C18H28N4OS/c1-20(15-6-5-7-16(15)24-2)18(23)14-21-10-12-22(13-11-21)17-8-3-4-9-19-17/h3-4,8-9,15-16H,5-7,10-14H2,1-2H3/t15-,16+/m1/s1. The molecule has 0 radical (unpaired) electrons. The number of amides is 1. The molecule has 1 aromatic heterocycles. The Kier molecular flexibility index (Phi) is 6.00. The number of anilines is 1. The lowest BCUT2D eigenvalue weighted by atomic mass is 10.2. The fourth-order valence-corrected chi connectivity index (χ4v) is 4.82. The first kappa shape index (κ1) is 17.5. The second kappa shape index (κ2) is 8.21. The summed E-state index contributed by atoms with van der Waals surface area (Å²) in [5.41, 5.74) is 0. The molecule has 1 saturated heterocycles. The topological polar surface area (TPSA) is 39.7 Å². The molecule has 2 heterocycles. The molecule has 132 valence electrons. The predicted molar refractivity (Wildman–Crippen MR) is 101 cm³/mol. The van der Waals surface area contributed by atoms with Gasteiger partial charge < -0.3 is 9.80 Å². The Morgan fingerprint density at radius 3 is 2.75 bits per heavy atom. The molecule has 2 atom stereocenters. The molecule has 0 unspecified atom stereocenters. The molecule has 1 amide bonds. The van der Waals surface area contributed by atoms with E-state index in [1.807, 2.05) is 42.0 Å². The van der Waals surface area contributed by atoms with E-state index in [1.165, 1.54) is 12.8 Å². The highest BCUT2D eigenvalue weighted by molar-refractivity contribution is 7.99. The summed E-state index contributed by atoms with van der Waals surface area (Å²) in [6.45, 7) is 4.26. The van der Waals surface area contributed by atoms with E-state index in [0.29, 0.717) is 17.8 Å². The van der Waals surface area contributed by atoms with Gasteiger partial charge in [-0.3, -0.25) is 9.69 Å². The number of carbonyl (C=O) groups is 1. The Bertz CT molecular complexity index is 533. The second-order valence-corrected chi connectivity index (χ2v) is 7.81. The van der Waals surface area contributed by atoms with Crippen LogP contribution in [0.4, 0.5) is 5.82 Å². The quantitative estimate of drug-likeness (QED) is 0.813. The van der Waals surface area contributed by atoms with Crippen molar-refractivity contribution in [3.8, 4) is 0 Å². The number of nitrogens with zero attached hydrogens (tertiary/aromatic N) is 4. The van der Waals surface area contributed by atoms with Crippen molar-refractivity contribution in [2.75, 3.05) is 50.9 Å². The summed E-state index contributed by atoms with van der Waals surface area (Å²) in [5, 5.41) is 0.611. The first-order chi connectivity index (χ1) is 11.7. The fraction of sp³-hybridized carbons (Fsp3) is 0.667. The molecule has 0 N–H and O–H groups in total. The third-order valence-electron chi connectivity index (χ3n) is 5.32. The summed E-state index contributed by atoms with van der Waals surface area (Å²) in [6.07, 6.45) is 7.64. The van der Waals surface area contributed by atoms with Gasteiger partial charge in [0.25, 0.3) is 0 Å². The van der Waals surface area contributed by atoms with Gasteiger partial charge in [-0.2, -0.15) is 11.8 Å². The first-order valence-corrected chi connectivity index (χ1v) is 10.1. The Balaban J connectivity index is 1.48. The first-order valence-electron chi connectivity index (χ1n) is 8.86. The molecule has 24 heavy (non-hydrogen) atoms. The van der Waals surface area contributed by atoms with E-state index < -0.39 is 0 Å². The SMILES string of the molecule is CS[C@H]1CCC[C@H]1N(C)C(=O)CN1CCN(c2ccccn2)CC1. The molecule has 2 aliphatic rings. The summed E-state index contributed by atoms with van der Waals surface area (Å²) in [5.74, 6) is 1.31. The van der Waals surface area contributed by atoms with Gasteiger partial charge in [0.2, 0.25) is 5.91 Å². The molecule has 6 heteroatoms. The van der Waals surface area contributed by atoms with Crippen molar-refractivity contribution in [3.05, 3.63) is 24.4 Å². The van der Waals surface area contributed by atoms with Crippen LogP contribution in [0.1, 0.15) is 19.3 Å². The molecule has 0 aromatic carbocycles. The molecular weight excluding hydrogens is 320 g/mol. The van der Waals surface area contributed by atoms with E-state index in [2.05, 4.69) is 27.1 Å². The van der Waals surface area contributed by atoms with Crippen molar-refractivity contribution < 1.29 is 4.79 Å². The van der Waals surface area contributed by atoms with Crippen molar-refractivity contribution in [2.45, 2.75) is 30.6 Å². The van der Waals surface area contributed by atoms with Gasteiger partial charge in [-0.05, 0) is 31.2 Å². The van der Waals surface area contributed by atoms with Crippen LogP contribution < -0.4 is 4.90 Å². The maximum atomic E-state index is 12.7. The number of likely N-dealkylation sites (N-methyl/N-ethyl adjacent to an activating group) is 1. The molecule has 2 fully saturated rings. The van der Waals surface area contributed by atoms with E-state index in [9.17, 15) is 4.79 Å². The second-order valence-electron chi connectivity index (χ2n) is 6.73. The fourth-order valence-electron chi connectivity index (χ4n) is 3.79. The number of piperazine rings is 1. The third-order valence-corrected chi connectivity index (χ3v) is 6.47. The van der Waals surface area contributed by atoms with E-state index in [4.69, 9.17) is 0 Å². The van der Waals surface area contributed by atoms with Crippen LogP contribution in [0.3, 0.4) is 0 Å². The van der Waals surface area contributed by atoms with Crippen LogP contribution in [-0.4, -0.2) is 78.0 Å². The molecule has 1 aliphatic carbocycles. The maximum Gasteiger partial charge on any atom is 0.236 e. The Hall–Kier alpha value is -1.27. The molecule has 1 saturated carbocycles. The minimum absolute atomic E-state index is 0.271. The van der Waals surface area contributed by atoms with E-state index in [0.717, 1.165) is 38.4 Å². The minimum Gasteiger partial charge on any atom is -0.354 e. The zero-order chi connectivity index (χ0) is 16.9. The van der Waals surface area contributed by atoms with Crippen molar-refractivity contribution in [2.24, 2.45) is 0 Å². The molecule has 1 aromatic rings. The van der Waals surface area contributed by atoms with Crippen LogP contribution in [0.2, 0.25) is 0 Å². The van der Waals surface area contributed by atoms with Gasteiger partial charge in [0, 0.05) is 50.7 Å². The van der Waals surface area contributed by atoms with Gasteiger partial charge in [-0.25, -0.2) is 4.98 Å². The van der Waals surface area contributed by atoms with E-state index >= 15 is 0 Å². The minimum atomic E-state index is 0.271. The van der Waals surface area contributed by atoms with Gasteiger partial charge in [0.15, 0.2) is 0 Å². The summed E-state index contributed by atoms with van der Waals surface area (Å²) < 4.78 is 0. The average Bonchev–Trinajstić information content (AvgIpc) is 3.11. The number of rotatable bonds is 5. The lowest BCUT2D eigenvalue weighted by Gasteiger charge is -2.36. The molecule has 3 rings (SSSR count). The Morgan fingerprint density at radius 2 is 2.08 bits per heavy atom. The number of pyridine rings is 1. The smallest absolute Gasteiger partial charge is 0.236 e. The monoisotopic (exact) mass is 348 g/mol. The highest BCUT2D eigenvalue weighted by Gasteiger charge is 2.32. The van der Waals surface area contributed by atoms with Crippen LogP contribution in [0, 0.1) is 0 Å². The van der Waals surface area contributed by atoms with Gasteiger partial charge in [0.05, 0.1) is 6.54 Å². The number of hydrogen-bond donors (Lipinski definition) is 0. The summed E-state index contributed by atoms with van der Waals surface area (Å²) in [4.78, 5) is 23.7. The zero-order valence-corrected chi connectivity index (χ0v) is 15.5. The van der Waals surface area contributed by atoms with Gasteiger partial charge in [-0.1, -0.05) is 12.5 Å². The number of hydrogen-bond acceptors (Lipinski definition) is 5. The lowest BCUT2D eigenvalue weighted by molar-refractivity contribution is -0.133. The van der Waals surface area contributed by atoms with Gasteiger partial charge in [-0.15, -0.1) is 0 Å². The average molecular weight is 349 g/mol. The lowest BCUT2D eigenvalue weighted by Crippen LogP contribution is -2.51. The van der Waals surface area contributed by atoms with Crippen molar-refractivity contribution >= 4 is 23.5 Å². The van der Waals surface area contributed by atoms with Crippen LogP contribution in [0.15, 0.2) is 24.4 Å². The van der Waals surface area contributed by atoms with Crippen molar-refractivity contribution in [1.29, 1.82) is 0 Å². The van der Waals surface area contributed by atoms with Crippen LogP contribution in [0.25, 0.3) is 0 Å². The van der Waals surface area contributed by atoms with E-state index in [-0.39, 0.29) is 5.91 Å². The highest BCUT2D eigenvalue weighted by atomic mass is 32.2. The molecule has 0 bridgehead atoms. The maximum absolute atomic E-state index is 12.7. The van der Waals surface area contributed by atoms with Crippen LogP contribution in [0.5, 0.6) is 0 Å². The third kappa shape index (κ3) is 4.03. The molecule has 5 nitrogen and oxygen atoms in total. The Morgan fingerprint density at radius 1 is 1.29 bits per heavy atom. The largest absolute Gasteiger partial charge is 0.354 e. The Labute approximate surface area is 149 Å². The normalized spacial score (nSPS) is 25.0.